The van der Waals surface area contributed by atoms with Gasteiger partial charge in [0.25, 0.3) is 5.91 Å². The molecule has 0 unspecified atom stereocenters. The van der Waals surface area contributed by atoms with Crippen molar-refractivity contribution in [1.82, 2.24) is 14.5 Å². The second-order valence-electron chi connectivity index (χ2n) is 6.51. The molecule has 0 bridgehead atoms. The molecule has 0 aliphatic heterocycles. The molecular weight excluding hydrogens is 405 g/mol. The maximum Gasteiger partial charge on any atom is 0.257 e. The molecule has 6 nitrogen and oxygen atoms in total. The zero-order valence-corrected chi connectivity index (χ0v) is 17.5. The van der Waals surface area contributed by atoms with Crippen molar-refractivity contribution >= 4 is 27.5 Å². The van der Waals surface area contributed by atoms with Gasteiger partial charge in [0.1, 0.15) is 5.82 Å². The monoisotopic (exact) mass is 427 g/mol. The van der Waals surface area contributed by atoms with Gasteiger partial charge in [-0.25, -0.2) is 17.5 Å². The molecule has 28 heavy (non-hydrogen) atoms. The first-order valence-corrected chi connectivity index (χ1v) is 10.4. The number of hydrogen-bond acceptors (Lipinski definition) is 4. The van der Waals surface area contributed by atoms with Crippen molar-refractivity contribution < 1.29 is 17.6 Å². The maximum atomic E-state index is 14.4. The molecule has 0 saturated carbocycles. The number of carbonyl (C=O) groups is 1. The molecule has 0 fully saturated rings. The molecule has 9 heteroatoms. The summed E-state index contributed by atoms with van der Waals surface area (Å²) < 4.78 is 40.6. The summed E-state index contributed by atoms with van der Waals surface area (Å²) >= 11 is 5.90. The third-order valence-electron chi connectivity index (χ3n) is 4.14. The van der Waals surface area contributed by atoms with Gasteiger partial charge in [-0.05, 0) is 57.0 Å². The van der Waals surface area contributed by atoms with E-state index in [9.17, 15) is 17.6 Å². The van der Waals surface area contributed by atoms with Crippen LogP contribution in [-0.4, -0.2) is 58.4 Å². The number of carbonyl (C=O) groups excluding carboxylic acids is 1. The average molecular weight is 428 g/mol. The molecule has 0 saturated heterocycles. The van der Waals surface area contributed by atoms with Crippen LogP contribution < -0.4 is 4.72 Å². The van der Waals surface area contributed by atoms with Crippen molar-refractivity contribution in [3.8, 4) is 0 Å². The van der Waals surface area contributed by atoms with Gasteiger partial charge in [0.15, 0.2) is 0 Å². The zero-order valence-electron chi connectivity index (χ0n) is 15.9. The number of nitrogens with one attached hydrogen (secondary N) is 1. The van der Waals surface area contributed by atoms with E-state index in [4.69, 9.17) is 11.6 Å². The first-order chi connectivity index (χ1) is 13.1. The summed E-state index contributed by atoms with van der Waals surface area (Å²) in [4.78, 5) is 16.3. The molecule has 0 radical (unpaired) electrons. The summed E-state index contributed by atoms with van der Waals surface area (Å²) in [6.45, 7) is 1.15. The number of hydrogen-bond donors (Lipinski definition) is 1. The second-order valence-corrected chi connectivity index (χ2v) is 8.83. The fourth-order valence-corrected chi connectivity index (χ4v) is 3.39. The molecule has 2 aromatic carbocycles. The predicted molar refractivity (Wildman–Crippen MR) is 107 cm³/mol. The molecule has 0 heterocycles. The van der Waals surface area contributed by atoms with E-state index in [2.05, 4.69) is 4.72 Å². The van der Waals surface area contributed by atoms with Gasteiger partial charge in [0.05, 0.1) is 10.5 Å². The van der Waals surface area contributed by atoms with E-state index in [-0.39, 0.29) is 17.0 Å². The highest BCUT2D eigenvalue weighted by molar-refractivity contribution is 7.89. The van der Waals surface area contributed by atoms with E-state index in [0.29, 0.717) is 18.1 Å². The van der Waals surface area contributed by atoms with Gasteiger partial charge in [-0.3, -0.25) is 4.79 Å². The number of nitrogens with zero attached hydrogens (tertiary/aromatic N) is 2. The Bertz CT molecular complexity index is 934. The summed E-state index contributed by atoms with van der Waals surface area (Å²) in [5, 5.41) is 0.575. The molecule has 0 aliphatic carbocycles. The van der Waals surface area contributed by atoms with Crippen LogP contribution in [0.15, 0.2) is 47.4 Å². The SMILES string of the molecule is CNS(=O)(=O)c1ccc(F)c(C(=O)N(CCN(C)C)Cc2ccc(Cl)cc2)c1. The Morgan fingerprint density at radius 1 is 1.11 bits per heavy atom. The van der Waals surface area contributed by atoms with E-state index >= 15 is 0 Å². The fourth-order valence-electron chi connectivity index (χ4n) is 2.51. The lowest BCUT2D eigenvalue weighted by Gasteiger charge is -2.25. The number of amides is 1. The molecule has 152 valence electrons. The molecule has 2 rings (SSSR count). The molecule has 0 spiro atoms. The third kappa shape index (κ3) is 5.75. The van der Waals surface area contributed by atoms with Gasteiger partial charge in [0, 0.05) is 24.7 Å². The lowest BCUT2D eigenvalue weighted by atomic mass is 10.1. The number of likely N-dealkylation sites (N-methyl/N-ethyl adjacent to an activating group) is 1. The van der Waals surface area contributed by atoms with Crippen molar-refractivity contribution in [2.45, 2.75) is 11.4 Å². The highest BCUT2D eigenvalue weighted by Gasteiger charge is 2.23. The molecule has 2 aromatic rings. The summed E-state index contributed by atoms with van der Waals surface area (Å²) in [5.74, 6) is -1.35. The van der Waals surface area contributed by atoms with Crippen molar-refractivity contribution in [2.75, 3.05) is 34.2 Å². The highest BCUT2D eigenvalue weighted by atomic mass is 35.5. The highest BCUT2D eigenvalue weighted by Crippen LogP contribution is 2.19. The van der Waals surface area contributed by atoms with Crippen LogP contribution in [0.3, 0.4) is 0 Å². The van der Waals surface area contributed by atoms with Gasteiger partial charge >= 0.3 is 0 Å². The smallest absolute Gasteiger partial charge is 0.257 e. The predicted octanol–water partition coefficient (Wildman–Crippen LogP) is 2.59. The Morgan fingerprint density at radius 3 is 2.32 bits per heavy atom. The second kappa shape index (κ2) is 9.47. The van der Waals surface area contributed by atoms with E-state index in [1.165, 1.54) is 11.9 Å². The van der Waals surface area contributed by atoms with Crippen LogP contribution in [0, 0.1) is 5.82 Å². The first-order valence-electron chi connectivity index (χ1n) is 8.55. The Kier molecular flexibility index (Phi) is 7.54. The van der Waals surface area contributed by atoms with Crippen LogP contribution in [0.5, 0.6) is 0 Å². The molecule has 1 amide bonds. The van der Waals surface area contributed by atoms with E-state index in [1.807, 2.05) is 19.0 Å². The maximum absolute atomic E-state index is 14.4. The Morgan fingerprint density at radius 2 is 1.75 bits per heavy atom. The van der Waals surface area contributed by atoms with Crippen LogP contribution in [-0.2, 0) is 16.6 Å². The van der Waals surface area contributed by atoms with Crippen LogP contribution in [0.2, 0.25) is 5.02 Å². The van der Waals surface area contributed by atoms with Gasteiger partial charge < -0.3 is 9.80 Å². The first kappa shape index (κ1) is 22.3. The largest absolute Gasteiger partial charge is 0.333 e. The summed E-state index contributed by atoms with van der Waals surface area (Å²) in [5.41, 5.74) is 0.542. The van der Waals surface area contributed by atoms with Gasteiger partial charge in [-0.1, -0.05) is 23.7 Å². The van der Waals surface area contributed by atoms with Gasteiger partial charge in [-0.2, -0.15) is 0 Å². The minimum Gasteiger partial charge on any atom is -0.333 e. The number of halogens is 2. The fraction of sp³-hybridized carbons (Fsp3) is 0.316. The molecular formula is C19H23ClFN3O3S. The Hall–Kier alpha value is -2.00. The minimum atomic E-state index is -3.80. The average Bonchev–Trinajstić information content (AvgIpc) is 2.66. The van der Waals surface area contributed by atoms with Crippen molar-refractivity contribution in [2.24, 2.45) is 0 Å². The summed E-state index contributed by atoms with van der Waals surface area (Å²) in [7, 11) is 1.19. The van der Waals surface area contributed by atoms with E-state index < -0.39 is 21.7 Å². The normalized spacial score (nSPS) is 11.6. The summed E-state index contributed by atoms with van der Waals surface area (Å²) in [6, 6.07) is 10.2. The molecule has 1 N–H and O–H groups in total. The summed E-state index contributed by atoms with van der Waals surface area (Å²) in [6.07, 6.45) is 0. The molecule has 0 atom stereocenters. The van der Waals surface area contributed by atoms with Crippen molar-refractivity contribution in [3.05, 3.63) is 64.4 Å². The topological polar surface area (TPSA) is 69.7 Å². The van der Waals surface area contributed by atoms with E-state index in [1.54, 1.807) is 24.3 Å². The van der Waals surface area contributed by atoms with Crippen LogP contribution in [0.25, 0.3) is 0 Å². The lowest BCUT2D eigenvalue weighted by molar-refractivity contribution is 0.0727. The number of sulfonamides is 1. The van der Waals surface area contributed by atoms with Crippen LogP contribution >= 0.6 is 11.6 Å². The third-order valence-corrected chi connectivity index (χ3v) is 5.80. The molecule has 0 aliphatic rings. The molecule has 0 aromatic heterocycles. The number of benzene rings is 2. The lowest BCUT2D eigenvalue weighted by Crippen LogP contribution is -2.36. The van der Waals surface area contributed by atoms with Crippen LogP contribution in [0.4, 0.5) is 4.39 Å². The van der Waals surface area contributed by atoms with Gasteiger partial charge in [0.2, 0.25) is 10.0 Å². The zero-order chi connectivity index (χ0) is 20.9. The van der Waals surface area contributed by atoms with Crippen LogP contribution in [0.1, 0.15) is 15.9 Å². The minimum absolute atomic E-state index is 0.168. The standard InChI is InChI=1S/C19H23ClFN3O3S/c1-22-28(26,27)16-8-9-18(21)17(12-16)19(25)24(11-10-23(2)3)13-14-4-6-15(20)7-5-14/h4-9,12,22H,10-11,13H2,1-3H3. The van der Waals surface area contributed by atoms with E-state index in [0.717, 1.165) is 23.8 Å². The van der Waals surface area contributed by atoms with Crippen molar-refractivity contribution in [3.63, 3.8) is 0 Å². The quantitative estimate of drug-likeness (QED) is 0.703. The van der Waals surface area contributed by atoms with Gasteiger partial charge in [-0.15, -0.1) is 0 Å². The Labute approximate surface area is 170 Å². The van der Waals surface area contributed by atoms with Crippen molar-refractivity contribution in [1.29, 1.82) is 0 Å². The Balaban J connectivity index is 2.37. The number of rotatable bonds is 8.